The Hall–Kier alpha value is -3.07. The van der Waals surface area contributed by atoms with E-state index in [1.807, 2.05) is 0 Å². The standard InChI is InChI=1S/C22H25NO7S/c1-13-8-16(23-20(25)11-21(26)27)9-14(2)22(13)30-17-6-7-18(24)19(10-17)31(28,29)12-15-4-3-5-15/h6-10,15,24H,3-5,11-12H2,1-2H3,(H,23,25)(H,26,27). The number of carbonyl (C=O) groups excluding carboxylic acids is 1. The molecule has 3 rings (SSSR count). The van der Waals surface area contributed by atoms with Crippen LogP contribution in [0.25, 0.3) is 0 Å². The number of nitrogens with one attached hydrogen (secondary N) is 1. The Labute approximate surface area is 180 Å². The minimum absolute atomic E-state index is 0.00675. The number of phenolic OH excluding ortho intramolecular Hbond substituents is 1. The lowest BCUT2D eigenvalue weighted by molar-refractivity contribution is -0.139. The van der Waals surface area contributed by atoms with Gasteiger partial charge >= 0.3 is 5.97 Å². The van der Waals surface area contributed by atoms with Crippen molar-refractivity contribution in [2.45, 2.75) is 44.4 Å². The van der Waals surface area contributed by atoms with Gasteiger partial charge in [0.15, 0.2) is 9.84 Å². The van der Waals surface area contributed by atoms with E-state index in [0.717, 1.165) is 19.3 Å². The normalized spacial score (nSPS) is 14.0. The number of aromatic hydroxyl groups is 1. The molecule has 0 aliphatic heterocycles. The number of aryl methyl sites for hydroxylation is 2. The van der Waals surface area contributed by atoms with Crippen LogP contribution >= 0.6 is 0 Å². The van der Waals surface area contributed by atoms with Gasteiger partial charge in [0.2, 0.25) is 5.91 Å². The number of carboxylic acid groups (broad SMARTS) is 1. The molecule has 0 heterocycles. The van der Waals surface area contributed by atoms with Crippen LogP contribution < -0.4 is 10.1 Å². The molecule has 1 saturated carbocycles. The maximum absolute atomic E-state index is 12.7. The first-order valence-corrected chi connectivity index (χ1v) is 11.6. The topological polar surface area (TPSA) is 130 Å². The van der Waals surface area contributed by atoms with Crippen LogP contribution in [0.1, 0.15) is 36.8 Å². The Kier molecular flexibility index (Phi) is 6.54. The fourth-order valence-electron chi connectivity index (χ4n) is 3.51. The van der Waals surface area contributed by atoms with Gasteiger partial charge < -0.3 is 20.3 Å². The number of hydrogen-bond donors (Lipinski definition) is 3. The van der Waals surface area contributed by atoms with Crippen molar-refractivity contribution in [2.24, 2.45) is 5.92 Å². The molecule has 1 amide bonds. The average molecular weight is 448 g/mol. The van der Waals surface area contributed by atoms with Gasteiger partial charge in [0.25, 0.3) is 0 Å². The van der Waals surface area contributed by atoms with Crippen molar-refractivity contribution in [2.75, 3.05) is 11.1 Å². The monoisotopic (exact) mass is 447 g/mol. The van der Waals surface area contributed by atoms with Gasteiger partial charge in [-0.2, -0.15) is 0 Å². The molecule has 0 saturated heterocycles. The van der Waals surface area contributed by atoms with E-state index < -0.39 is 28.1 Å². The zero-order chi connectivity index (χ0) is 22.8. The molecule has 0 spiro atoms. The van der Waals surface area contributed by atoms with Crippen LogP contribution in [0.5, 0.6) is 17.2 Å². The third kappa shape index (κ3) is 5.55. The largest absolute Gasteiger partial charge is 0.507 e. The van der Waals surface area contributed by atoms with Crippen LogP contribution in [0.4, 0.5) is 5.69 Å². The van der Waals surface area contributed by atoms with Crippen molar-refractivity contribution >= 4 is 27.4 Å². The number of rotatable bonds is 8. The Morgan fingerprint density at radius 3 is 2.32 bits per heavy atom. The first-order valence-electron chi connectivity index (χ1n) is 9.91. The summed E-state index contributed by atoms with van der Waals surface area (Å²) in [6.07, 6.45) is 2.15. The number of carbonyl (C=O) groups is 2. The Bertz CT molecular complexity index is 1100. The molecule has 0 unspecified atom stereocenters. The molecular formula is C22H25NO7S. The molecule has 0 radical (unpaired) electrons. The van der Waals surface area contributed by atoms with Crippen molar-refractivity contribution in [3.8, 4) is 17.2 Å². The highest BCUT2D eigenvalue weighted by molar-refractivity contribution is 7.91. The number of carboxylic acids is 1. The van der Waals surface area contributed by atoms with Gasteiger partial charge in [-0.25, -0.2) is 8.42 Å². The molecule has 2 aromatic rings. The number of phenols is 1. The minimum atomic E-state index is -3.64. The van der Waals surface area contributed by atoms with Gasteiger partial charge in [-0.3, -0.25) is 9.59 Å². The van der Waals surface area contributed by atoms with Crippen LogP contribution in [0, 0.1) is 19.8 Å². The lowest BCUT2D eigenvalue weighted by Gasteiger charge is -2.25. The molecule has 0 atom stereocenters. The third-order valence-electron chi connectivity index (χ3n) is 5.22. The minimum Gasteiger partial charge on any atom is -0.507 e. The fourth-order valence-corrected chi connectivity index (χ4v) is 5.33. The van der Waals surface area contributed by atoms with E-state index in [1.165, 1.54) is 18.2 Å². The highest BCUT2D eigenvalue weighted by Crippen LogP contribution is 2.37. The highest BCUT2D eigenvalue weighted by Gasteiger charge is 2.28. The van der Waals surface area contributed by atoms with Gasteiger partial charge in [-0.05, 0) is 68.0 Å². The molecule has 31 heavy (non-hydrogen) atoms. The summed E-state index contributed by atoms with van der Waals surface area (Å²) in [5.41, 5.74) is 1.76. The number of amides is 1. The zero-order valence-electron chi connectivity index (χ0n) is 17.3. The van der Waals surface area contributed by atoms with Crippen molar-refractivity contribution in [1.82, 2.24) is 0 Å². The lowest BCUT2D eigenvalue weighted by atomic mass is 9.87. The van der Waals surface area contributed by atoms with Gasteiger partial charge in [0, 0.05) is 11.8 Å². The third-order valence-corrected chi connectivity index (χ3v) is 7.13. The Morgan fingerprint density at radius 2 is 1.77 bits per heavy atom. The van der Waals surface area contributed by atoms with Crippen molar-refractivity contribution < 1.29 is 33.0 Å². The number of ether oxygens (including phenoxy) is 1. The zero-order valence-corrected chi connectivity index (χ0v) is 18.2. The number of hydrogen-bond acceptors (Lipinski definition) is 6. The summed E-state index contributed by atoms with van der Waals surface area (Å²) in [5.74, 6) is -1.30. The van der Waals surface area contributed by atoms with Gasteiger partial charge in [-0.15, -0.1) is 0 Å². The van der Waals surface area contributed by atoms with E-state index in [0.29, 0.717) is 22.6 Å². The first-order chi connectivity index (χ1) is 14.5. The van der Waals surface area contributed by atoms with Crippen LogP contribution in [0.2, 0.25) is 0 Å². The maximum atomic E-state index is 12.7. The van der Waals surface area contributed by atoms with Crippen LogP contribution in [0.3, 0.4) is 0 Å². The van der Waals surface area contributed by atoms with Crippen LogP contribution in [0.15, 0.2) is 35.2 Å². The molecule has 9 heteroatoms. The van der Waals surface area contributed by atoms with E-state index in [9.17, 15) is 23.1 Å². The van der Waals surface area contributed by atoms with Gasteiger partial charge in [-0.1, -0.05) is 6.42 Å². The fraction of sp³-hybridized carbons (Fsp3) is 0.364. The molecule has 0 bridgehead atoms. The summed E-state index contributed by atoms with van der Waals surface area (Å²) < 4.78 is 31.4. The molecule has 1 fully saturated rings. The average Bonchev–Trinajstić information content (AvgIpc) is 2.62. The quantitative estimate of drug-likeness (QED) is 0.525. The molecule has 8 nitrogen and oxygen atoms in total. The molecule has 3 N–H and O–H groups in total. The molecule has 2 aromatic carbocycles. The summed E-state index contributed by atoms with van der Waals surface area (Å²) in [4.78, 5) is 22.2. The van der Waals surface area contributed by atoms with Gasteiger partial charge in [0.1, 0.15) is 28.6 Å². The summed E-state index contributed by atoms with van der Waals surface area (Å²) in [5, 5.41) is 21.3. The number of anilines is 1. The number of aliphatic carboxylic acids is 1. The predicted molar refractivity (Wildman–Crippen MR) is 114 cm³/mol. The summed E-state index contributed by atoms with van der Waals surface area (Å²) in [7, 11) is -3.64. The summed E-state index contributed by atoms with van der Waals surface area (Å²) >= 11 is 0. The SMILES string of the molecule is Cc1cc(NC(=O)CC(=O)O)cc(C)c1Oc1ccc(O)c(S(=O)(=O)CC2CCC2)c1. The first kappa shape index (κ1) is 22.6. The maximum Gasteiger partial charge on any atom is 0.312 e. The Balaban J connectivity index is 1.82. The summed E-state index contributed by atoms with van der Waals surface area (Å²) in [6, 6.07) is 7.38. The van der Waals surface area contributed by atoms with E-state index in [2.05, 4.69) is 5.32 Å². The number of benzene rings is 2. The lowest BCUT2D eigenvalue weighted by Crippen LogP contribution is -2.22. The van der Waals surface area contributed by atoms with Crippen molar-refractivity contribution in [1.29, 1.82) is 0 Å². The van der Waals surface area contributed by atoms with Gasteiger partial charge in [0.05, 0.1) is 5.75 Å². The second-order valence-corrected chi connectivity index (χ2v) is 9.87. The van der Waals surface area contributed by atoms with Crippen molar-refractivity contribution in [3.63, 3.8) is 0 Å². The molecule has 1 aliphatic carbocycles. The smallest absolute Gasteiger partial charge is 0.312 e. The van der Waals surface area contributed by atoms with E-state index in [4.69, 9.17) is 9.84 Å². The van der Waals surface area contributed by atoms with Crippen LogP contribution in [-0.4, -0.2) is 36.3 Å². The second kappa shape index (κ2) is 8.97. The Morgan fingerprint density at radius 1 is 1.13 bits per heavy atom. The van der Waals surface area contributed by atoms with Crippen LogP contribution in [-0.2, 0) is 19.4 Å². The molecular weight excluding hydrogens is 422 g/mol. The molecule has 166 valence electrons. The predicted octanol–water partition coefficient (Wildman–Crippen LogP) is 3.79. The summed E-state index contributed by atoms with van der Waals surface area (Å²) in [6.45, 7) is 3.51. The van der Waals surface area contributed by atoms with E-state index >= 15 is 0 Å². The molecule has 0 aromatic heterocycles. The molecule has 1 aliphatic rings. The highest BCUT2D eigenvalue weighted by atomic mass is 32.2. The van der Waals surface area contributed by atoms with E-state index in [1.54, 1.807) is 26.0 Å². The number of sulfone groups is 1. The van der Waals surface area contributed by atoms with E-state index in [-0.39, 0.29) is 28.1 Å². The van der Waals surface area contributed by atoms with Crippen molar-refractivity contribution in [3.05, 3.63) is 41.5 Å². The second-order valence-electron chi connectivity index (χ2n) is 7.87.